The molecule has 0 saturated carbocycles. The van der Waals surface area contributed by atoms with E-state index in [9.17, 15) is 4.79 Å². The normalized spacial score (nSPS) is 16.3. The van der Waals surface area contributed by atoms with Crippen LogP contribution in [0.25, 0.3) is 0 Å². The zero-order valence-electron chi connectivity index (χ0n) is 8.99. The number of carbonyl (C=O) groups is 1. The van der Waals surface area contributed by atoms with Gasteiger partial charge in [0.25, 0.3) is 6.47 Å². The van der Waals surface area contributed by atoms with E-state index in [0.29, 0.717) is 12.9 Å². The third-order valence-corrected chi connectivity index (χ3v) is 3.20. The molecule has 0 N–H and O–H groups in total. The van der Waals surface area contributed by atoms with Crippen molar-refractivity contribution < 1.29 is 9.53 Å². The molecule has 1 aliphatic rings. The highest BCUT2D eigenvalue weighted by atomic mass is 35.5. The highest BCUT2D eigenvalue weighted by molar-refractivity contribution is 6.20. The Kier molecular flexibility index (Phi) is 3.78. The Balaban J connectivity index is 2.17. The first-order valence-electron chi connectivity index (χ1n) is 5.49. The van der Waals surface area contributed by atoms with Crippen LogP contribution in [0.3, 0.4) is 0 Å². The van der Waals surface area contributed by atoms with E-state index in [-0.39, 0.29) is 0 Å². The number of aryl methyl sites for hydroxylation is 1. The van der Waals surface area contributed by atoms with E-state index in [1.165, 1.54) is 24.0 Å². The number of hydrogen-bond donors (Lipinski definition) is 0. The van der Waals surface area contributed by atoms with Crippen molar-refractivity contribution in [3.8, 4) is 0 Å². The van der Waals surface area contributed by atoms with Crippen LogP contribution in [-0.4, -0.2) is 17.0 Å². The number of nitrogens with zero attached hydrogens (tertiary/aromatic N) is 1. The van der Waals surface area contributed by atoms with Crippen LogP contribution < -0.4 is 0 Å². The monoisotopic (exact) mass is 239 g/mol. The number of aromatic nitrogens is 1. The lowest BCUT2D eigenvalue weighted by Gasteiger charge is -2.19. The minimum absolute atomic E-state index is 0.389. The van der Waals surface area contributed by atoms with Crippen LogP contribution in [-0.2, 0) is 28.8 Å². The summed E-state index contributed by atoms with van der Waals surface area (Å²) in [5.41, 5.74) is 3.19. The number of fused-ring (bicyclic) bond motifs is 1. The Morgan fingerprint density at radius 1 is 1.44 bits per heavy atom. The van der Waals surface area contributed by atoms with Gasteiger partial charge in [-0.05, 0) is 42.4 Å². The number of halogens is 1. The molecule has 3 nitrogen and oxygen atoms in total. The van der Waals surface area contributed by atoms with E-state index in [1.54, 1.807) is 0 Å². The fraction of sp³-hybridized carbons (Fsp3) is 0.500. The second kappa shape index (κ2) is 5.30. The Bertz CT molecular complexity index is 381. The lowest BCUT2D eigenvalue weighted by molar-refractivity contribution is -0.130. The highest BCUT2D eigenvalue weighted by Crippen LogP contribution is 2.25. The Hall–Kier alpha value is -1.09. The molecule has 1 aromatic rings. The molecule has 0 aliphatic heterocycles. The quantitative estimate of drug-likeness (QED) is 0.598. The van der Waals surface area contributed by atoms with Gasteiger partial charge in [-0.2, -0.15) is 0 Å². The molecule has 1 heterocycles. The van der Waals surface area contributed by atoms with E-state index in [2.05, 4.69) is 4.98 Å². The first-order valence-corrected chi connectivity index (χ1v) is 5.92. The molecule has 1 aliphatic carbocycles. The van der Waals surface area contributed by atoms with Gasteiger partial charge in [-0.25, -0.2) is 0 Å². The summed E-state index contributed by atoms with van der Waals surface area (Å²) in [6.07, 6.45) is 8.92. The number of ether oxygens (including phenoxy) is 1. The molecule has 16 heavy (non-hydrogen) atoms. The average Bonchev–Trinajstić information content (AvgIpc) is 2.30. The van der Waals surface area contributed by atoms with Gasteiger partial charge in [0.15, 0.2) is 5.56 Å². The molecule has 1 atom stereocenters. The standard InChI is InChI=1S/C12H14ClNO2/c13-12(16-8-15)5-10-7-14-6-9-3-1-2-4-11(9)10/h6-8,12H,1-5H2. The van der Waals surface area contributed by atoms with Gasteiger partial charge in [0.1, 0.15) is 0 Å². The molecular formula is C12H14ClNO2. The number of rotatable bonds is 4. The topological polar surface area (TPSA) is 39.2 Å². The lowest BCUT2D eigenvalue weighted by atomic mass is 9.89. The maximum atomic E-state index is 10.2. The van der Waals surface area contributed by atoms with Gasteiger partial charge >= 0.3 is 0 Å². The fourth-order valence-corrected chi connectivity index (χ4v) is 2.40. The van der Waals surface area contributed by atoms with Crippen LogP contribution >= 0.6 is 11.6 Å². The van der Waals surface area contributed by atoms with Crippen LogP contribution in [0.5, 0.6) is 0 Å². The summed E-state index contributed by atoms with van der Waals surface area (Å²) in [5, 5.41) is 0. The zero-order valence-corrected chi connectivity index (χ0v) is 9.74. The van der Waals surface area contributed by atoms with Crippen molar-refractivity contribution in [2.75, 3.05) is 0 Å². The first kappa shape index (κ1) is 11.4. The molecule has 0 radical (unpaired) electrons. The summed E-state index contributed by atoms with van der Waals surface area (Å²) in [7, 11) is 0. The molecule has 0 aromatic carbocycles. The van der Waals surface area contributed by atoms with Gasteiger partial charge < -0.3 is 4.74 Å². The van der Waals surface area contributed by atoms with E-state index in [1.807, 2.05) is 12.4 Å². The fourth-order valence-electron chi connectivity index (χ4n) is 2.19. The smallest absolute Gasteiger partial charge is 0.294 e. The predicted molar refractivity (Wildman–Crippen MR) is 61.4 cm³/mol. The summed E-state index contributed by atoms with van der Waals surface area (Å²) < 4.78 is 4.69. The number of carbonyl (C=O) groups excluding carboxylic acids is 1. The molecule has 1 aromatic heterocycles. The maximum Gasteiger partial charge on any atom is 0.294 e. The van der Waals surface area contributed by atoms with Crippen LogP contribution in [0.15, 0.2) is 12.4 Å². The van der Waals surface area contributed by atoms with Crippen LogP contribution in [0, 0.1) is 0 Å². The molecule has 0 spiro atoms. The van der Waals surface area contributed by atoms with Gasteiger partial charge in [-0.3, -0.25) is 9.78 Å². The van der Waals surface area contributed by atoms with Crippen molar-refractivity contribution in [3.63, 3.8) is 0 Å². The van der Waals surface area contributed by atoms with Gasteiger partial charge in [-0.1, -0.05) is 11.6 Å². The summed E-state index contributed by atoms with van der Waals surface area (Å²) in [6, 6.07) is 0. The molecule has 1 unspecified atom stereocenters. The average molecular weight is 240 g/mol. The molecule has 0 bridgehead atoms. The van der Waals surface area contributed by atoms with Gasteiger partial charge in [0.05, 0.1) is 0 Å². The highest BCUT2D eigenvalue weighted by Gasteiger charge is 2.16. The van der Waals surface area contributed by atoms with Gasteiger partial charge in [0, 0.05) is 18.8 Å². The van der Waals surface area contributed by atoms with Gasteiger partial charge in [-0.15, -0.1) is 0 Å². The van der Waals surface area contributed by atoms with Crippen molar-refractivity contribution in [3.05, 3.63) is 29.1 Å². The Morgan fingerprint density at radius 3 is 3.06 bits per heavy atom. The third-order valence-electron chi connectivity index (χ3n) is 2.94. The molecule has 0 amide bonds. The second-order valence-corrected chi connectivity index (χ2v) is 4.48. The van der Waals surface area contributed by atoms with Gasteiger partial charge in [0.2, 0.25) is 0 Å². The summed E-state index contributed by atoms with van der Waals surface area (Å²) >= 11 is 5.88. The van der Waals surface area contributed by atoms with Crippen molar-refractivity contribution in [2.45, 2.75) is 37.7 Å². The predicted octanol–water partition coefficient (Wildman–Crippen LogP) is 2.24. The van der Waals surface area contributed by atoms with Crippen LogP contribution in [0.1, 0.15) is 29.5 Å². The second-order valence-electron chi connectivity index (χ2n) is 3.99. The summed E-state index contributed by atoms with van der Waals surface area (Å²) in [4.78, 5) is 14.4. The number of hydrogen-bond acceptors (Lipinski definition) is 3. The van der Waals surface area contributed by atoms with E-state index in [0.717, 1.165) is 18.4 Å². The lowest BCUT2D eigenvalue weighted by Crippen LogP contribution is -2.13. The van der Waals surface area contributed by atoms with Crippen molar-refractivity contribution in [1.82, 2.24) is 4.98 Å². The molecule has 2 rings (SSSR count). The first-order chi connectivity index (χ1) is 7.81. The largest absolute Gasteiger partial charge is 0.448 e. The SMILES string of the molecule is O=COC(Cl)Cc1cncc2c1CCCC2. The number of pyridine rings is 1. The van der Waals surface area contributed by atoms with Crippen LogP contribution in [0.2, 0.25) is 0 Å². The van der Waals surface area contributed by atoms with Crippen molar-refractivity contribution in [1.29, 1.82) is 0 Å². The van der Waals surface area contributed by atoms with Crippen molar-refractivity contribution in [2.24, 2.45) is 0 Å². The Morgan fingerprint density at radius 2 is 2.25 bits per heavy atom. The summed E-state index contributed by atoms with van der Waals surface area (Å²) in [6.45, 7) is 0.389. The van der Waals surface area contributed by atoms with E-state index in [4.69, 9.17) is 16.3 Å². The number of alkyl halides is 1. The molecule has 4 heteroatoms. The molecule has 86 valence electrons. The summed E-state index contributed by atoms with van der Waals surface area (Å²) in [5.74, 6) is 0. The van der Waals surface area contributed by atoms with E-state index >= 15 is 0 Å². The van der Waals surface area contributed by atoms with E-state index < -0.39 is 5.56 Å². The minimum Gasteiger partial charge on any atom is -0.448 e. The van der Waals surface area contributed by atoms with Crippen LogP contribution in [0.4, 0.5) is 0 Å². The zero-order chi connectivity index (χ0) is 11.4. The Labute approximate surface area is 99.8 Å². The van der Waals surface area contributed by atoms with Crippen molar-refractivity contribution >= 4 is 18.1 Å². The minimum atomic E-state index is -0.590. The molecular weight excluding hydrogens is 226 g/mol. The molecule has 0 saturated heterocycles. The third kappa shape index (κ3) is 2.53. The molecule has 0 fully saturated rings. The maximum absolute atomic E-state index is 10.2.